The number of benzene rings is 1. The summed E-state index contributed by atoms with van der Waals surface area (Å²) in [5, 5.41) is 11.2. The van der Waals surface area contributed by atoms with Crippen LogP contribution in [-0.2, 0) is 9.53 Å². The van der Waals surface area contributed by atoms with Gasteiger partial charge in [0.2, 0.25) is 5.88 Å². The number of carboxylic acids is 1. The number of hydrogen-bond donors (Lipinski definition) is 1. The SMILES string of the molecule is COc1ccc2c(O[C@@H]3C[C@@H](C(=O)O)N(C(=O)OC(C)(C)C)C3)nc(-c3ccoc3)cc2c1. The molecule has 33 heavy (non-hydrogen) atoms. The van der Waals surface area contributed by atoms with Crippen molar-refractivity contribution in [1.82, 2.24) is 9.88 Å². The number of rotatable bonds is 5. The summed E-state index contributed by atoms with van der Waals surface area (Å²) in [6.07, 6.45) is 1.99. The highest BCUT2D eigenvalue weighted by Crippen LogP contribution is 2.34. The van der Waals surface area contributed by atoms with Crippen LogP contribution in [0.3, 0.4) is 0 Å². The van der Waals surface area contributed by atoms with Gasteiger partial charge in [-0.1, -0.05) is 0 Å². The molecule has 1 aliphatic rings. The number of fused-ring (bicyclic) bond motifs is 1. The number of methoxy groups -OCH3 is 1. The van der Waals surface area contributed by atoms with Crippen molar-refractivity contribution in [3.05, 3.63) is 42.9 Å². The number of aliphatic carboxylic acids is 1. The van der Waals surface area contributed by atoms with E-state index in [1.54, 1.807) is 52.5 Å². The average Bonchev–Trinajstić information content (AvgIpc) is 3.42. The van der Waals surface area contributed by atoms with Crippen molar-refractivity contribution < 1.29 is 33.3 Å². The Kier molecular flexibility index (Phi) is 5.88. The van der Waals surface area contributed by atoms with Crippen molar-refractivity contribution in [3.8, 4) is 22.9 Å². The topological polar surface area (TPSA) is 111 Å². The Balaban J connectivity index is 1.66. The van der Waals surface area contributed by atoms with Gasteiger partial charge in [-0.3, -0.25) is 4.90 Å². The number of carbonyl (C=O) groups is 2. The van der Waals surface area contributed by atoms with Gasteiger partial charge in [-0.25, -0.2) is 14.6 Å². The molecule has 0 radical (unpaired) electrons. The second-order valence-corrected chi connectivity index (χ2v) is 8.87. The van der Waals surface area contributed by atoms with Gasteiger partial charge in [0.25, 0.3) is 0 Å². The Morgan fingerprint density at radius 1 is 1.21 bits per heavy atom. The molecule has 1 fully saturated rings. The predicted molar refractivity (Wildman–Crippen MR) is 119 cm³/mol. The molecule has 0 saturated carbocycles. The summed E-state index contributed by atoms with van der Waals surface area (Å²) in [5.74, 6) is -0.0890. The number of furan rings is 1. The second kappa shape index (κ2) is 8.65. The molecule has 9 heteroatoms. The Labute approximate surface area is 190 Å². The monoisotopic (exact) mass is 454 g/mol. The molecule has 1 amide bonds. The van der Waals surface area contributed by atoms with E-state index in [2.05, 4.69) is 4.98 Å². The van der Waals surface area contributed by atoms with Crippen LogP contribution >= 0.6 is 0 Å². The standard InChI is InChI=1S/C24H26N2O7/c1-24(2,3)33-23(29)26-12-17(11-20(26)22(27)28)32-21-18-6-5-16(30-4)9-15(18)10-19(25-21)14-7-8-31-13-14/h5-10,13,17,20H,11-12H2,1-4H3,(H,27,28)/t17-,20+/m1/s1. The van der Waals surface area contributed by atoms with Crippen molar-refractivity contribution in [2.75, 3.05) is 13.7 Å². The smallest absolute Gasteiger partial charge is 0.411 e. The molecule has 0 bridgehead atoms. The number of amides is 1. The third-order valence-corrected chi connectivity index (χ3v) is 5.27. The van der Waals surface area contributed by atoms with Crippen LogP contribution in [0.25, 0.3) is 22.0 Å². The lowest BCUT2D eigenvalue weighted by atomic mass is 10.1. The third-order valence-electron chi connectivity index (χ3n) is 5.27. The molecule has 3 aromatic rings. The molecular weight excluding hydrogens is 428 g/mol. The number of aromatic nitrogens is 1. The molecule has 9 nitrogen and oxygen atoms in total. The molecular formula is C24H26N2O7. The molecule has 174 valence electrons. The van der Waals surface area contributed by atoms with Crippen LogP contribution in [0.1, 0.15) is 27.2 Å². The van der Waals surface area contributed by atoms with E-state index < -0.39 is 29.8 Å². The zero-order valence-corrected chi connectivity index (χ0v) is 18.9. The van der Waals surface area contributed by atoms with E-state index in [-0.39, 0.29) is 13.0 Å². The number of pyridine rings is 1. The molecule has 2 aromatic heterocycles. The number of carboxylic acid groups (broad SMARTS) is 1. The first-order valence-electron chi connectivity index (χ1n) is 10.5. The van der Waals surface area contributed by atoms with Gasteiger partial charge in [-0.2, -0.15) is 0 Å². The highest BCUT2D eigenvalue weighted by molar-refractivity contribution is 5.91. The van der Waals surface area contributed by atoms with Gasteiger partial charge in [0, 0.05) is 17.4 Å². The van der Waals surface area contributed by atoms with E-state index in [1.807, 2.05) is 18.2 Å². The minimum atomic E-state index is -1.11. The Morgan fingerprint density at radius 3 is 2.64 bits per heavy atom. The lowest BCUT2D eigenvalue weighted by Gasteiger charge is -2.26. The van der Waals surface area contributed by atoms with Crippen LogP contribution < -0.4 is 9.47 Å². The van der Waals surface area contributed by atoms with Crippen LogP contribution in [0.2, 0.25) is 0 Å². The zero-order valence-electron chi connectivity index (χ0n) is 18.9. The van der Waals surface area contributed by atoms with Crippen molar-refractivity contribution in [3.63, 3.8) is 0 Å². The van der Waals surface area contributed by atoms with Crippen LogP contribution in [0, 0.1) is 0 Å². The van der Waals surface area contributed by atoms with Crippen molar-refractivity contribution in [2.24, 2.45) is 0 Å². The first-order chi connectivity index (χ1) is 15.6. The maximum Gasteiger partial charge on any atom is 0.411 e. The molecule has 3 heterocycles. The fourth-order valence-electron chi connectivity index (χ4n) is 3.78. The maximum absolute atomic E-state index is 12.6. The van der Waals surface area contributed by atoms with Gasteiger partial charge in [0.15, 0.2) is 0 Å². The number of ether oxygens (including phenoxy) is 3. The summed E-state index contributed by atoms with van der Waals surface area (Å²) in [5.41, 5.74) is 0.667. The molecule has 1 aromatic carbocycles. The molecule has 0 spiro atoms. The Bertz CT molecular complexity index is 1170. The first kappa shape index (κ1) is 22.4. The molecule has 0 aliphatic carbocycles. The number of hydrogen-bond acceptors (Lipinski definition) is 7. The lowest BCUT2D eigenvalue weighted by molar-refractivity contribution is -0.142. The predicted octanol–water partition coefficient (Wildman–Crippen LogP) is 4.34. The third kappa shape index (κ3) is 4.87. The van der Waals surface area contributed by atoms with Crippen LogP contribution in [0.4, 0.5) is 4.79 Å². The second-order valence-electron chi connectivity index (χ2n) is 8.87. The largest absolute Gasteiger partial charge is 0.497 e. The van der Waals surface area contributed by atoms with E-state index in [0.717, 1.165) is 16.3 Å². The lowest BCUT2D eigenvalue weighted by Crippen LogP contribution is -2.43. The molecule has 0 unspecified atom stereocenters. The average molecular weight is 454 g/mol. The van der Waals surface area contributed by atoms with E-state index in [0.29, 0.717) is 17.3 Å². The van der Waals surface area contributed by atoms with Gasteiger partial charge in [-0.05, 0) is 56.5 Å². The molecule has 2 atom stereocenters. The summed E-state index contributed by atoms with van der Waals surface area (Å²) in [4.78, 5) is 30.3. The van der Waals surface area contributed by atoms with Crippen LogP contribution in [-0.4, -0.2) is 58.5 Å². The molecule has 1 saturated heterocycles. The number of likely N-dealkylation sites (tertiary alicyclic amines) is 1. The molecule has 1 N–H and O–H groups in total. The van der Waals surface area contributed by atoms with E-state index in [1.165, 1.54) is 4.90 Å². The van der Waals surface area contributed by atoms with Gasteiger partial charge >= 0.3 is 12.1 Å². The van der Waals surface area contributed by atoms with E-state index >= 15 is 0 Å². The van der Waals surface area contributed by atoms with E-state index in [9.17, 15) is 14.7 Å². The fraction of sp³-hybridized carbons (Fsp3) is 0.375. The normalized spacial score (nSPS) is 18.4. The van der Waals surface area contributed by atoms with Gasteiger partial charge < -0.3 is 23.7 Å². The molecule has 4 rings (SSSR count). The van der Waals surface area contributed by atoms with Crippen molar-refractivity contribution in [2.45, 2.75) is 44.9 Å². The van der Waals surface area contributed by atoms with Gasteiger partial charge in [-0.15, -0.1) is 0 Å². The van der Waals surface area contributed by atoms with E-state index in [4.69, 9.17) is 18.6 Å². The Morgan fingerprint density at radius 2 is 2.00 bits per heavy atom. The van der Waals surface area contributed by atoms with Crippen LogP contribution in [0.5, 0.6) is 11.6 Å². The fourth-order valence-corrected chi connectivity index (χ4v) is 3.78. The number of carbonyl (C=O) groups excluding carboxylic acids is 1. The number of nitrogens with zero attached hydrogens (tertiary/aromatic N) is 2. The Hall–Kier alpha value is -3.75. The highest BCUT2D eigenvalue weighted by Gasteiger charge is 2.43. The first-order valence-corrected chi connectivity index (χ1v) is 10.5. The van der Waals surface area contributed by atoms with Gasteiger partial charge in [0.1, 0.15) is 23.5 Å². The summed E-state index contributed by atoms with van der Waals surface area (Å²) in [6, 6.07) is 8.15. The summed E-state index contributed by atoms with van der Waals surface area (Å²) in [6.45, 7) is 5.27. The minimum absolute atomic E-state index is 0.0706. The van der Waals surface area contributed by atoms with Crippen LogP contribution in [0.15, 0.2) is 47.3 Å². The maximum atomic E-state index is 12.6. The summed E-state index contributed by atoms with van der Waals surface area (Å²) >= 11 is 0. The summed E-state index contributed by atoms with van der Waals surface area (Å²) in [7, 11) is 1.59. The van der Waals surface area contributed by atoms with Gasteiger partial charge in [0.05, 0.1) is 31.9 Å². The van der Waals surface area contributed by atoms with Crippen molar-refractivity contribution in [1.29, 1.82) is 0 Å². The summed E-state index contributed by atoms with van der Waals surface area (Å²) < 4.78 is 22.1. The quantitative estimate of drug-likeness (QED) is 0.606. The van der Waals surface area contributed by atoms with Crippen molar-refractivity contribution >= 4 is 22.8 Å². The zero-order chi connectivity index (χ0) is 23.8. The highest BCUT2D eigenvalue weighted by atomic mass is 16.6. The molecule has 1 aliphatic heterocycles. The minimum Gasteiger partial charge on any atom is -0.497 e.